The summed E-state index contributed by atoms with van der Waals surface area (Å²) < 4.78 is 5.18. The smallest absolute Gasteiger partial charge is 0.314 e. The third-order valence-corrected chi connectivity index (χ3v) is 4.44. The SMILES string of the molecule is O=C(O)C1(c2ccc(C3COC3)cc2)CCCC1. The summed E-state index contributed by atoms with van der Waals surface area (Å²) in [5.41, 5.74) is 1.61. The van der Waals surface area contributed by atoms with Gasteiger partial charge >= 0.3 is 5.97 Å². The molecule has 3 heteroatoms. The Morgan fingerprint density at radius 3 is 2.22 bits per heavy atom. The molecule has 1 aliphatic heterocycles. The van der Waals surface area contributed by atoms with Crippen molar-refractivity contribution >= 4 is 5.97 Å². The summed E-state index contributed by atoms with van der Waals surface area (Å²) in [6, 6.07) is 8.16. The number of ether oxygens (including phenoxy) is 1. The summed E-state index contributed by atoms with van der Waals surface area (Å²) in [7, 11) is 0. The van der Waals surface area contributed by atoms with E-state index in [0.29, 0.717) is 5.92 Å². The second kappa shape index (κ2) is 4.39. The molecule has 3 rings (SSSR count). The van der Waals surface area contributed by atoms with Gasteiger partial charge in [-0.05, 0) is 24.0 Å². The summed E-state index contributed by atoms with van der Waals surface area (Å²) >= 11 is 0. The Labute approximate surface area is 107 Å². The molecule has 1 aromatic rings. The van der Waals surface area contributed by atoms with Crippen molar-refractivity contribution in [2.45, 2.75) is 37.0 Å². The first-order valence-corrected chi connectivity index (χ1v) is 6.64. The van der Waals surface area contributed by atoms with Crippen molar-refractivity contribution < 1.29 is 14.6 Å². The monoisotopic (exact) mass is 246 g/mol. The van der Waals surface area contributed by atoms with E-state index >= 15 is 0 Å². The molecule has 0 aromatic heterocycles. The lowest BCUT2D eigenvalue weighted by atomic mass is 9.78. The van der Waals surface area contributed by atoms with Crippen molar-refractivity contribution in [1.82, 2.24) is 0 Å². The predicted octanol–water partition coefficient (Wildman–Crippen LogP) is 2.70. The zero-order valence-corrected chi connectivity index (χ0v) is 10.4. The Kier molecular flexibility index (Phi) is 2.86. The number of benzene rings is 1. The van der Waals surface area contributed by atoms with Crippen LogP contribution in [0.4, 0.5) is 0 Å². The first-order chi connectivity index (χ1) is 8.72. The maximum atomic E-state index is 11.6. The first-order valence-electron chi connectivity index (χ1n) is 6.64. The minimum atomic E-state index is -0.667. The molecule has 2 aliphatic rings. The van der Waals surface area contributed by atoms with Crippen LogP contribution in [0.25, 0.3) is 0 Å². The van der Waals surface area contributed by atoms with Crippen molar-refractivity contribution in [3.05, 3.63) is 35.4 Å². The van der Waals surface area contributed by atoms with Crippen LogP contribution in [-0.2, 0) is 14.9 Å². The van der Waals surface area contributed by atoms with Gasteiger partial charge in [0.25, 0.3) is 0 Å². The molecule has 1 heterocycles. The lowest BCUT2D eigenvalue weighted by Crippen LogP contribution is -2.32. The van der Waals surface area contributed by atoms with Crippen LogP contribution in [0.15, 0.2) is 24.3 Å². The summed E-state index contributed by atoms with van der Waals surface area (Å²) in [6.07, 6.45) is 3.58. The molecule has 1 saturated heterocycles. The van der Waals surface area contributed by atoms with Gasteiger partial charge in [0, 0.05) is 5.92 Å². The van der Waals surface area contributed by atoms with Crippen LogP contribution < -0.4 is 0 Å². The van der Waals surface area contributed by atoms with Crippen LogP contribution in [0.1, 0.15) is 42.7 Å². The molecule has 1 aliphatic carbocycles. The van der Waals surface area contributed by atoms with Gasteiger partial charge in [0.1, 0.15) is 0 Å². The number of rotatable bonds is 3. The molecular weight excluding hydrogens is 228 g/mol. The Morgan fingerprint density at radius 1 is 1.17 bits per heavy atom. The molecule has 0 spiro atoms. The van der Waals surface area contributed by atoms with E-state index < -0.39 is 11.4 Å². The van der Waals surface area contributed by atoms with Gasteiger partial charge in [0.2, 0.25) is 0 Å². The molecule has 0 unspecified atom stereocenters. The molecule has 0 amide bonds. The average Bonchev–Trinajstić information content (AvgIpc) is 2.78. The van der Waals surface area contributed by atoms with Gasteiger partial charge in [-0.15, -0.1) is 0 Å². The summed E-state index contributed by atoms with van der Waals surface area (Å²) in [6.45, 7) is 1.59. The van der Waals surface area contributed by atoms with E-state index in [9.17, 15) is 9.90 Å². The van der Waals surface area contributed by atoms with E-state index in [-0.39, 0.29) is 0 Å². The predicted molar refractivity (Wildman–Crippen MR) is 67.8 cm³/mol. The van der Waals surface area contributed by atoms with Crippen LogP contribution in [-0.4, -0.2) is 24.3 Å². The number of carboxylic acids is 1. The molecule has 18 heavy (non-hydrogen) atoms. The van der Waals surface area contributed by atoms with E-state index in [1.54, 1.807) is 0 Å². The van der Waals surface area contributed by atoms with Gasteiger partial charge in [-0.2, -0.15) is 0 Å². The molecule has 1 N–H and O–H groups in total. The number of carbonyl (C=O) groups is 1. The maximum absolute atomic E-state index is 11.6. The largest absolute Gasteiger partial charge is 0.481 e. The Bertz CT molecular complexity index is 439. The number of carboxylic acid groups (broad SMARTS) is 1. The lowest BCUT2D eigenvalue weighted by molar-refractivity contribution is -0.143. The van der Waals surface area contributed by atoms with Crippen LogP contribution in [0.2, 0.25) is 0 Å². The van der Waals surface area contributed by atoms with E-state index in [0.717, 1.165) is 44.5 Å². The quantitative estimate of drug-likeness (QED) is 0.892. The van der Waals surface area contributed by atoms with Gasteiger partial charge in [-0.25, -0.2) is 0 Å². The van der Waals surface area contributed by atoms with Gasteiger partial charge in [-0.1, -0.05) is 37.1 Å². The van der Waals surface area contributed by atoms with Crippen LogP contribution in [0.5, 0.6) is 0 Å². The van der Waals surface area contributed by atoms with E-state index in [4.69, 9.17) is 4.74 Å². The van der Waals surface area contributed by atoms with Gasteiger partial charge < -0.3 is 9.84 Å². The first kappa shape index (κ1) is 11.7. The van der Waals surface area contributed by atoms with Crippen molar-refractivity contribution in [2.75, 3.05) is 13.2 Å². The molecular formula is C15H18O3. The van der Waals surface area contributed by atoms with Crippen molar-refractivity contribution in [3.63, 3.8) is 0 Å². The Hall–Kier alpha value is -1.35. The van der Waals surface area contributed by atoms with Crippen molar-refractivity contribution in [3.8, 4) is 0 Å². The highest BCUT2D eigenvalue weighted by Gasteiger charge is 2.42. The maximum Gasteiger partial charge on any atom is 0.314 e. The second-order valence-corrected chi connectivity index (χ2v) is 5.45. The van der Waals surface area contributed by atoms with Crippen LogP contribution >= 0.6 is 0 Å². The number of aliphatic carboxylic acids is 1. The minimum Gasteiger partial charge on any atom is -0.481 e. The zero-order valence-electron chi connectivity index (χ0n) is 10.4. The zero-order chi connectivity index (χ0) is 12.6. The van der Waals surface area contributed by atoms with Crippen molar-refractivity contribution in [1.29, 1.82) is 0 Å². The Balaban J connectivity index is 1.88. The van der Waals surface area contributed by atoms with Gasteiger partial charge in [0.15, 0.2) is 0 Å². The summed E-state index contributed by atoms with van der Waals surface area (Å²) in [4.78, 5) is 11.6. The van der Waals surface area contributed by atoms with Gasteiger partial charge in [0.05, 0.1) is 18.6 Å². The number of hydrogen-bond donors (Lipinski definition) is 1. The third kappa shape index (κ3) is 1.74. The van der Waals surface area contributed by atoms with Crippen LogP contribution in [0, 0.1) is 0 Å². The minimum absolute atomic E-state index is 0.503. The molecule has 1 aromatic carbocycles. The lowest BCUT2D eigenvalue weighted by Gasteiger charge is -2.28. The normalized spacial score (nSPS) is 22.7. The van der Waals surface area contributed by atoms with E-state index in [1.165, 1.54) is 5.56 Å². The highest BCUT2D eigenvalue weighted by molar-refractivity contribution is 5.81. The van der Waals surface area contributed by atoms with Crippen molar-refractivity contribution in [2.24, 2.45) is 0 Å². The molecule has 3 nitrogen and oxygen atoms in total. The molecule has 96 valence electrons. The van der Waals surface area contributed by atoms with Gasteiger partial charge in [-0.3, -0.25) is 4.79 Å². The molecule has 0 atom stereocenters. The fourth-order valence-electron chi connectivity index (χ4n) is 3.11. The molecule has 1 saturated carbocycles. The third-order valence-electron chi connectivity index (χ3n) is 4.44. The van der Waals surface area contributed by atoms with Crippen LogP contribution in [0.3, 0.4) is 0 Å². The summed E-state index contributed by atoms with van der Waals surface area (Å²) in [5.74, 6) is -0.164. The van der Waals surface area contributed by atoms with E-state index in [1.807, 2.05) is 12.1 Å². The summed E-state index contributed by atoms with van der Waals surface area (Å²) in [5, 5.41) is 9.53. The topological polar surface area (TPSA) is 46.5 Å². The standard InChI is InChI=1S/C15H18O3/c16-14(17)15(7-1-2-8-15)13-5-3-11(4-6-13)12-9-18-10-12/h3-6,12H,1-2,7-10H2,(H,16,17). The van der Waals surface area contributed by atoms with E-state index in [2.05, 4.69) is 12.1 Å². The highest BCUT2D eigenvalue weighted by Crippen LogP contribution is 2.41. The fourth-order valence-corrected chi connectivity index (χ4v) is 3.11. The second-order valence-electron chi connectivity index (χ2n) is 5.45. The number of hydrogen-bond acceptors (Lipinski definition) is 2. The Morgan fingerprint density at radius 2 is 1.78 bits per heavy atom. The molecule has 2 fully saturated rings. The molecule has 0 bridgehead atoms. The highest BCUT2D eigenvalue weighted by atomic mass is 16.5. The molecule has 0 radical (unpaired) electrons. The fraction of sp³-hybridized carbons (Fsp3) is 0.533. The average molecular weight is 246 g/mol.